The van der Waals surface area contributed by atoms with Gasteiger partial charge in [-0.25, -0.2) is 0 Å². The van der Waals surface area contributed by atoms with Crippen LogP contribution in [0, 0.1) is 13.8 Å². The molecule has 5 nitrogen and oxygen atoms in total. The van der Waals surface area contributed by atoms with E-state index in [1.165, 1.54) is 0 Å². The third kappa shape index (κ3) is 4.61. The van der Waals surface area contributed by atoms with Crippen molar-refractivity contribution in [3.63, 3.8) is 0 Å². The smallest absolute Gasteiger partial charge is 0.223 e. The Balaban J connectivity index is 1.67. The van der Waals surface area contributed by atoms with Crippen LogP contribution < -0.4 is 9.47 Å². The van der Waals surface area contributed by atoms with Gasteiger partial charge < -0.3 is 14.4 Å². The predicted octanol–water partition coefficient (Wildman–Crippen LogP) is 4.65. The standard InChI is InChI=1S/C24H29NO4/c1-16-7-8-19(14-17(16)2)21(26)10-12-24(27)25-13-5-6-20(25)18-9-11-22(28-3)23(15-18)29-4/h7-9,11,14-15,20H,5-6,10,12-13H2,1-4H3/t20-/m1/s1. The molecular formula is C24H29NO4. The number of ether oxygens (including phenoxy) is 2. The summed E-state index contributed by atoms with van der Waals surface area (Å²) in [6.45, 7) is 4.74. The van der Waals surface area contributed by atoms with Crippen molar-refractivity contribution in [2.45, 2.75) is 45.6 Å². The van der Waals surface area contributed by atoms with Crippen LogP contribution in [-0.2, 0) is 4.79 Å². The SMILES string of the molecule is COc1ccc([C@H]2CCCN2C(=O)CCC(=O)c2ccc(C)c(C)c2)cc1OC. The maximum atomic E-state index is 12.9. The average Bonchev–Trinajstić information content (AvgIpc) is 3.23. The first-order valence-electron chi connectivity index (χ1n) is 10.1. The molecule has 0 radical (unpaired) electrons. The van der Waals surface area contributed by atoms with Crippen molar-refractivity contribution >= 4 is 11.7 Å². The zero-order valence-corrected chi connectivity index (χ0v) is 17.7. The lowest BCUT2D eigenvalue weighted by atomic mass is 10.0. The van der Waals surface area contributed by atoms with Crippen LogP contribution in [0.15, 0.2) is 36.4 Å². The number of rotatable bonds is 7. The van der Waals surface area contributed by atoms with Crippen molar-refractivity contribution in [3.8, 4) is 11.5 Å². The van der Waals surface area contributed by atoms with Gasteiger partial charge in [0.05, 0.1) is 20.3 Å². The van der Waals surface area contributed by atoms with E-state index >= 15 is 0 Å². The maximum Gasteiger partial charge on any atom is 0.223 e. The van der Waals surface area contributed by atoms with Crippen LogP contribution in [0.3, 0.4) is 0 Å². The fourth-order valence-electron chi connectivity index (χ4n) is 3.90. The van der Waals surface area contributed by atoms with E-state index in [0.29, 0.717) is 17.1 Å². The Morgan fingerprint density at radius 3 is 2.41 bits per heavy atom. The van der Waals surface area contributed by atoms with Gasteiger partial charge in [0, 0.05) is 24.9 Å². The van der Waals surface area contributed by atoms with Crippen LogP contribution >= 0.6 is 0 Å². The molecule has 1 atom stereocenters. The second-order valence-corrected chi connectivity index (χ2v) is 7.58. The van der Waals surface area contributed by atoms with Gasteiger partial charge in [-0.05, 0) is 61.6 Å². The summed E-state index contributed by atoms with van der Waals surface area (Å²) < 4.78 is 10.7. The van der Waals surface area contributed by atoms with E-state index in [0.717, 1.165) is 36.1 Å². The molecule has 2 aromatic carbocycles. The molecule has 0 bridgehead atoms. The molecule has 0 N–H and O–H groups in total. The van der Waals surface area contributed by atoms with Crippen molar-refractivity contribution < 1.29 is 19.1 Å². The van der Waals surface area contributed by atoms with Gasteiger partial charge in [-0.1, -0.05) is 18.2 Å². The summed E-state index contributed by atoms with van der Waals surface area (Å²) >= 11 is 0. The molecule has 0 aliphatic carbocycles. The summed E-state index contributed by atoms with van der Waals surface area (Å²) in [6, 6.07) is 11.5. The lowest BCUT2D eigenvalue weighted by Crippen LogP contribution is -2.30. The van der Waals surface area contributed by atoms with Gasteiger partial charge in [0.25, 0.3) is 0 Å². The first kappa shape index (κ1) is 20.9. The molecule has 0 unspecified atom stereocenters. The largest absolute Gasteiger partial charge is 0.493 e. The van der Waals surface area contributed by atoms with Crippen molar-refractivity contribution in [3.05, 3.63) is 58.7 Å². The van der Waals surface area contributed by atoms with Gasteiger partial charge in [-0.2, -0.15) is 0 Å². The Bertz CT molecular complexity index is 906. The number of Topliss-reactive ketones (excluding diaryl/α,β-unsaturated/α-hetero) is 1. The second kappa shape index (κ2) is 9.12. The molecule has 1 fully saturated rings. The van der Waals surface area contributed by atoms with E-state index in [1.54, 1.807) is 14.2 Å². The first-order chi connectivity index (χ1) is 13.9. The van der Waals surface area contributed by atoms with Crippen LogP contribution in [0.25, 0.3) is 0 Å². The lowest BCUT2D eigenvalue weighted by Gasteiger charge is -2.25. The number of carbonyl (C=O) groups excluding carboxylic acids is 2. The lowest BCUT2D eigenvalue weighted by molar-refractivity contribution is -0.132. The highest BCUT2D eigenvalue weighted by Crippen LogP contribution is 2.37. The Morgan fingerprint density at radius 2 is 1.72 bits per heavy atom. The predicted molar refractivity (Wildman–Crippen MR) is 113 cm³/mol. The number of amides is 1. The zero-order chi connectivity index (χ0) is 21.0. The summed E-state index contributed by atoms with van der Waals surface area (Å²) in [5, 5.41) is 0. The molecule has 1 aliphatic heterocycles. The molecule has 29 heavy (non-hydrogen) atoms. The number of methoxy groups -OCH3 is 2. The van der Waals surface area contributed by atoms with Crippen LogP contribution in [-0.4, -0.2) is 37.4 Å². The molecule has 0 saturated carbocycles. The third-order valence-electron chi connectivity index (χ3n) is 5.76. The Kier molecular flexibility index (Phi) is 6.57. The van der Waals surface area contributed by atoms with Gasteiger partial charge in [-0.3, -0.25) is 9.59 Å². The number of hydrogen-bond donors (Lipinski definition) is 0. The van der Waals surface area contributed by atoms with Crippen LogP contribution in [0.5, 0.6) is 11.5 Å². The van der Waals surface area contributed by atoms with Gasteiger partial charge in [0.1, 0.15) is 0 Å². The van der Waals surface area contributed by atoms with Crippen molar-refractivity contribution in [1.82, 2.24) is 4.90 Å². The first-order valence-corrected chi connectivity index (χ1v) is 10.1. The van der Waals surface area contributed by atoms with E-state index in [1.807, 2.05) is 55.1 Å². The summed E-state index contributed by atoms with van der Waals surface area (Å²) in [5.41, 5.74) is 3.97. The number of likely N-dealkylation sites (tertiary alicyclic amines) is 1. The molecule has 1 heterocycles. The average molecular weight is 395 g/mol. The Morgan fingerprint density at radius 1 is 0.966 bits per heavy atom. The molecule has 1 amide bonds. The summed E-state index contributed by atoms with van der Waals surface area (Å²) in [4.78, 5) is 27.3. The van der Waals surface area contributed by atoms with Crippen LogP contribution in [0.4, 0.5) is 0 Å². The Hall–Kier alpha value is -2.82. The molecule has 1 aliphatic rings. The minimum Gasteiger partial charge on any atom is -0.493 e. The molecule has 1 saturated heterocycles. The maximum absolute atomic E-state index is 12.9. The molecule has 0 aromatic heterocycles. The van der Waals surface area contributed by atoms with Crippen molar-refractivity contribution in [2.75, 3.05) is 20.8 Å². The molecule has 3 rings (SSSR count). The number of ketones is 1. The highest BCUT2D eigenvalue weighted by atomic mass is 16.5. The number of hydrogen-bond acceptors (Lipinski definition) is 4. The number of carbonyl (C=O) groups is 2. The molecule has 0 spiro atoms. The Labute approximate surface area is 172 Å². The minimum atomic E-state index is 0.0130. The molecule has 154 valence electrons. The van der Waals surface area contributed by atoms with E-state index in [2.05, 4.69) is 0 Å². The van der Waals surface area contributed by atoms with Crippen molar-refractivity contribution in [1.29, 1.82) is 0 Å². The number of nitrogens with zero attached hydrogens (tertiary/aromatic N) is 1. The normalized spacial score (nSPS) is 16.0. The number of benzene rings is 2. The van der Waals surface area contributed by atoms with Crippen molar-refractivity contribution in [2.24, 2.45) is 0 Å². The summed E-state index contributed by atoms with van der Waals surface area (Å²) in [5.74, 6) is 1.38. The fourth-order valence-corrected chi connectivity index (χ4v) is 3.90. The highest BCUT2D eigenvalue weighted by Gasteiger charge is 2.30. The summed E-state index contributed by atoms with van der Waals surface area (Å²) in [7, 11) is 3.22. The van der Waals surface area contributed by atoms with Crippen LogP contribution in [0.2, 0.25) is 0 Å². The zero-order valence-electron chi connectivity index (χ0n) is 17.7. The quantitative estimate of drug-likeness (QED) is 0.641. The highest BCUT2D eigenvalue weighted by molar-refractivity contribution is 5.98. The van der Waals surface area contributed by atoms with Gasteiger partial charge in [0.2, 0.25) is 5.91 Å². The summed E-state index contributed by atoms with van der Waals surface area (Å²) in [6.07, 6.45) is 2.33. The third-order valence-corrected chi connectivity index (χ3v) is 5.76. The van der Waals surface area contributed by atoms with E-state index < -0.39 is 0 Å². The van der Waals surface area contributed by atoms with E-state index in [-0.39, 0.29) is 30.6 Å². The van der Waals surface area contributed by atoms with Gasteiger partial charge in [0.15, 0.2) is 17.3 Å². The molecule has 5 heteroatoms. The van der Waals surface area contributed by atoms with Crippen LogP contribution in [0.1, 0.15) is 58.8 Å². The monoisotopic (exact) mass is 395 g/mol. The van der Waals surface area contributed by atoms with Gasteiger partial charge >= 0.3 is 0 Å². The van der Waals surface area contributed by atoms with E-state index in [4.69, 9.17) is 9.47 Å². The fraction of sp³-hybridized carbons (Fsp3) is 0.417. The van der Waals surface area contributed by atoms with Gasteiger partial charge in [-0.15, -0.1) is 0 Å². The topological polar surface area (TPSA) is 55.8 Å². The molecular weight excluding hydrogens is 366 g/mol. The van der Waals surface area contributed by atoms with E-state index in [9.17, 15) is 9.59 Å². The minimum absolute atomic E-state index is 0.0130. The molecule has 2 aromatic rings. The second-order valence-electron chi connectivity index (χ2n) is 7.58. The number of aryl methyl sites for hydroxylation is 2.